The van der Waals surface area contributed by atoms with E-state index in [9.17, 15) is 8.42 Å². The third-order valence-corrected chi connectivity index (χ3v) is 6.97. The SMILES string of the molecule is CNCCCN(C)S(=O)(=O)c1cc(Cl)c(Br)s1. The molecule has 0 atom stereocenters. The lowest BCUT2D eigenvalue weighted by atomic mass is 10.4. The van der Waals surface area contributed by atoms with Crippen LogP contribution in [0.25, 0.3) is 0 Å². The molecule has 4 nitrogen and oxygen atoms in total. The van der Waals surface area contributed by atoms with Crippen molar-refractivity contribution in [1.82, 2.24) is 9.62 Å². The number of thiophene rings is 1. The summed E-state index contributed by atoms with van der Waals surface area (Å²) in [5, 5.41) is 3.41. The van der Waals surface area contributed by atoms with Crippen molar-refractivity contribution in [3.63, 3.8) is 0 Å². The van der Waals surface area contributed by atoms with E-state index in [0.717, 1.165) is 24.3 Å². The van der Waals surface area contributed by atoms with E-state index < -0.39 is 10.0 Å². The Hall–Kier alpha value is 0.340. The number of rotatable bonds is 6. The van der Waals surface area contributed by atoms with Crippen molar-refractivity contribution in [2.45, 2.75) is 10.6 Å². The highest BCUT2D eigenvalue weighted by Gasteiger charge is 2.23. The zero-order valence-electron chi connectivity index (χ0n) is 9.53. The highest BCUT2D eigenvalue weighted by atomic mass is 79.9. The molecule has 0 fully saturated rings. The molecule has 1 N–H and O–H groups in total. The van der Waals surface area contributed by atoms with Crippen molar-refractivity contribution < 1.29 is 8.42 Å². The summed E-state index contributed by atoms with van der Waals surface area (Å²) in [4.78, 5) is 0. The second-order valence-corrected chi connectivity index (χ2v) is 8.52. The number of halogens is 2. The topological polar surface area (TPSA) is 49.4 Å². The number of nitrogens with one attached hydrogen (secondary N) is 1. The molecule has 0 bridgehead atoms. The molecule has 0 spiro atoms. The summed E-state index contributed by atoms with van der Waals surface area (Å²) in [6.45, 7) is 1.27. The van der Waals surface area contributed by atoms with Gasteiger partial charge in [0.05, 0.1) is 8.81 Å². The van der Waals surface area contributed by atoms with Gasteiger partial charge in [0, 0.05) is 13.6 Å². The number of nitrogens with zero attached hydrogens (tertiary/aromatic N) is 1. The zero-order valence-corrected chi connectivity index (χ0v) is 13.5. The van der Waals surface area contributed by atoms with Gasteiger partial charge in [-0.15, -0.1) is 11.3 Å². The zero-order chi connectivity index (χ0) is 13.1. The summed E-state index contributed by atoms with van der Waals surface area (Å²) < 4.78 is 26.5. The Morgan fingerprint density at radius 2 is 2.24 bits per heavy atom. The molecular formula is C9H14BrClN2O2S2. The molecule has 0 amide bonds. The number of sulfonamides is 1. The van der Waals surface area contributed by atoms with Gasteiger partial charge in [-0.2, -0.15) is 0 Å². The molecule has 0 aliphatic heterocycles. The molecule has 1 aromatic heterocycles. The normalized spacial score (nSPS) is 12.3. The Labute approximate surface area is 119 Å². The molecule has 0 saturated heterocycles. The Kier molecular flexibility index (Phi) is 5.88. The first-order valence-electron chi connectivity index (χ1n) is 4.95. The lowest BCUT2D eigenvalue weighted by molar-refractivity contribution is 0.459. The van der Waals surface area contributed by atoms with Crippen LogP contribution in [0.2, 0.25) is 5.02 Å². The van der Waals surface area contributed by atoms with Crippen LogP contribution in [0.3, 0.4) is 0 Å². The van der Waals surface area contributed by atoms with Gasteiger partial charge in [-0.1, -0.05) is 11.6 Å². The first-order valence-corrected chi connectivity index (χ1v) is 8.38. The van der Waals surface area contributed by atoms with Crippen LogP contribution in [0.15, 0.2) is 14.1 Å². The number of hydrogen-bond donors (Lipinski definition) is 1. The van der Waals surface area contributed by atoms with E-state index in [1.165, 1.54) is 10.4 Å². The summed E-state index contributed by atoms with van der Waals surface area (Å²) in [7, 11) is 0.00238. The Morgan fingerprint density at radius 3 is 2.71 bits per heavy atom. The fourth-order valence-electron chi connectivity index (χ4n) is 1.21. The van der Waals surface area contributed by atoms with Crippen LogP contribution in [-0.4, -0.2) is 39.9 Å². The number of hydrogen-bond acceptors (Lipinski definition) is 4. The van der Waals surface area contributed by atoms with E-state index in [1.54, 1.807) is 7.05 Å². The van der Waals surface area contributed by atoms with Crippen LogP contribution in [-0.2, 0) is 10.0 Å². The van der Waals surface area contributed by atoms with Crippen LogP contribution in [0.1, 0.15) is 6.42 Å². The molecule has 0 saturated carbocycles. The van der Waals surface area contributed by atoms with Crippen molar-refractivity contribution >= 4 is 48.9 Å². The van der Waals surface area contributed by atoms with Gasteiger partial charge >= 0.3 is 0 Å². The smallest absolute Gasteiger partial charge is 0.252 e. The van der Waals surface area contributed by atoms with E-state index in [0.29, 0.717) is 15.4 Å². The third kappa shape index (κ3) is 3.90. The van der Waals surface area contributed by atoms with Crippen LogP contribution < -0.4 is 5.32 Å². The quantitative estimate of drug-likeness (QED) is 0.792. The summed E-state index contributed by atoms with van der Waals surface area (Å²) in [6, 6.07) is 1.47. The molecule has 1 heterocycles. The van der Waals surface area contributed by atoms with Crippen LogP contribution in [0, 0.1) is 0 Å². The molecule has 0 aromatic carbocycles. The maximum atomic E-state index is 12.1. The minimum atomic E-state index is -3.41. The summed E-state index contributed by atoms with van der Waals surface area (Å²) in [6.07, 6.45) is 0.770. The minimum Gasteiger partial charge on any atom is -0.320 e. The van der Waals surface area contributed by atoms with Gasteiger partial charge in [0.1, 0.15) is 4.21 Å². The maximum Gasteiger partial charge on any atom is 0.252 e. The Balaban J connectivity index is 2.80. The summed E-state index contributed by atoms with van der Waals surface area (Å²) in [5.41, 5.74) is 0. The fraction of sp³-hybridized carbons (Fsp3) is 0.556. The molecule has 0 unspecified atom stereocenters. The van der Waals surface area contributed by atoms with Crippen molar-refractivity contribution in [3.8, 4) is 0 Å². The largest absolute Gasteiger partial charge is 0.320 e. The van der Waals surface area contributed by atoms with Crippen molar-refractivity contribution in [2.24, 2.45) is 0 Å². The maximum absolute atomic E-state index is 12.1. The Morgan fingerprint density at radius 1 is 1.59 bits per heavy atom. The highest BCUT2D eigenvalue weighted by molar-refractivity contribution is 9.11. The van der Waals surface area contributed by atoms with Gasteiger partial charge < -0.3 is 5.32 Å². The van der Waals surface area contributed by atoms with Crippen LogP contribution >= 0.6 is 38.9 Å². The average molecular weight is 362 g/mol. The first-order chi connectivity index (χ1) is 7.89. The van der Waals surface area contributed by atoms with Crippen LogP contribution in [0.4, 0.5) is 0 Å². The lowest BCUT2D eigenvalue weighted by Crippen LogP contribution is -2.29. The molecule has 0 radical (unpaired) electrons. The molecule has 1 rings (SSSR count). The monoisotopic (exact) mass is 360 g/mol. The second-order valence-electron chi connectivity index (χ2n) is 3.47. The van der Waals surface area contributed by atoms with Gasteiger partial charge in [0.15, 0.2) is 0 Å². The lowest BCUT2D eigenvalue weighted by Gasteiger charge is -2.15. The molecule has 0 aliphatic carbocycles. The van der Waals surface area contributed by atoms with Crippen molar-refractivity contribution in [2.75, 3.05) is 27.2 Å². The van der Waals surface area contributed by atoms with Gasteiger partial charge in [-0.05, 0) is 42.0 Å². The fourth-order valence-corrected chi connectivity index (χ4v) is 5.03. The van der Waals surface area contributed by atoms with Crippen molar-refractivity contribution in [1.29, 1.82) is 0 Å². The first kappa shape index (κ1) is 15.4. The molecular weight excluding hydrogens is 348 g/mol. The van der Waals surface area contributed by atoms with E-state index >= 15 is 0 Å². The van der Waals surface area contributed by atoms with Gasteiger partial charge in [0.25, 0.3) is 10.0 Å². The average Bonchev–Trinajstić information content (AvgIpc) is 2.60. The predicted octanol–water partition coefficient (Wildman–Crippen LogP) is 2.39. The van der Waals surface area contributed by atoms with Gasteiger partial charge in [-0.25, -0.2) is 12.7 Å². The molecule has 98 valence electrons. The van der Waals surface area contributed by atoms with E-state index in [1.807, 2.05) is 7.05 Å². The third-order valence-electron chi connectivity index (χ3n) is 2.19. The predicted molar refractivity (Wildman–Crippen MR) is 75.4 cm³/mol. The Bertz CT molecular complexity index is 456. The molecule has 8 heteroatoms. The van der Waals surface area contributed by atoms with E-state index in [4.69, 9.17) is 11.6 Å². The van der Waals surface area contributed by atoms with Gasteiger partial charge in [-0.3, -0.25) is 0 Å². The minimum absolute atomic E-state index is 0.265. The van der Waals surface area contributed by atoms with Crippen molar-refractivity contribution in [3.05, 3.63) is 14.9 Å². The highest BCUT2D eigenvalue weighted by Crippen LogP contribution is 2.35. The molecule has 17 heavy (non-hydrogen) atoms. The molecule has 0 aliphatic rings. The summed E-state index contributed by atoms with van der Waals surface area (Å²) in [5.74, 6) is 0. The second kappa shape index (κ2) is 6.49. The van der Waals surface area contributed by atoms with E-state index in [-0.39, 0.29) is 4.21 Å². The summed E-state index contributed by atoms with van der Waals surface area (Å²) >= 11 is 10.2. The molecule has 1 aromatic rings. The van der Waals surface area contributed by atoms with E-state index in [2.05, 4.69) is 21.2 Å². The van der Waals surface area contributed by atoms with Crippen LogP contribution in [0.5, 0.6) is 0 Å². The standard InChI is InChI=1S/C9H14BrClN2O2S2/c1-12-4-3-5-13(2)17(14,15)8-6-7(11)9(10)16-8/h6,12H,3-5H2,1-2H3. The van der Waals surface area contributed by atoms with Gasteiger partial charge in [0.2, 0.25) is 0 Å².